The van der Waals surface area contributed by atoms with E-state index in [1.165, 1.54) is 17.0 Å². The van der Waals surface area contributed by atoms with E-state index in [9.17, 15) is 4.79 Å². The Morgan fingerprint density at radius 2 is 1.60 bits per heavy atom. The molecule has 0 saturated heterocycles. The highest BCUT2D eigenvalue weighted by atomic mass is 16.5. The van der Waals surface area contributed by atoms with Crippen LogP contribution in [0.1, 0.15) is 50.7 Å². The average molecular weight is 586 g/mol. The lowest BCUT2D eigenvalue weighted by Gasteiger charge is -2.17. The van der Waals surface area contributed by atoms with Crippen molar-refractivity contribution in [2.75, 3.05) is 46.3 Å². The summed E-state index contributed by atoms with van der Waals surface area (Å²) in [6, 6.07) is 20.7. The number of amides is 1. The molecule has 3 aromatic rings. The molecular formula is C35H45N4O4+. The molecule has 1 aliphatic heterocycles. The molecule has 8 heteroatoms. The number of hydrogen-bond donors (Lipinski definition) is 3. The van der Waals surface area contributed by atoms with Crippen LogP contribution in [-0.2, 0) is 10.2 Å². The number of nitrogens with one attached hydrogen (secondary N) is 2. The molecule has 0 unspecified atom stereocenters. The molecule has 0 radical (unpaired) electrons. The third kappa shape index (κ3) is 7.56. The molecule has 0 bridgehead atoms. The Balaban J connectivity index is 1.63. The Morgan fingerprint density at radius 1 is 0.884 bits per heavy atom. The van der Waals surface area contributed by atoms with Crippen LogP contribution >= 0.6 is 0 Å². The SMILES string of the molecule is COc1cc(/C=C/C2=[N+](CCCCCC(=O)NCCN)c3ccc(Nc4ccccc4)cc3C2(C)C)cc(OC)c1OC. The van der Waals surface area contributed by atoms with Gasteiger partial charge in [-0.2, -0.15) is 4.58 Å². The van der Waals surface area contributed by atoms with E-state index >= 15 is 0 Å². The summed E-state index contributed by atoms with van der Waals surface area (Å²) in [5, 5.41) is 6.40. The fraction of sp³-hybridized carbons (Fsp3) is 0.371. The first kappa shape index (κ1) is 31.6. The van der Waals surface area contributed by atoms with Crippen molar-refractivity contribution in [2.45, 2.75) is 44.9 Å². The Hall–Kier alpha value is -4.30. The van der Waals surface area contributed by atoms with Crippen molar-refractivity contribution in [1.82, 2.24) is 5.32 Å². The van der Waals surface area contributed by atoms with Gasteiger partial charge in [-0.3, -0.25) is 4.79 Å². The highest BCUT2D eigenvalue weighted by Crippen LogP contribution is 2.43. The third-order valence-electron chi connectivity index (χ3n) is 7.83. The molecule has 0 atom stereocenters. The van der Waals surface area contributed by atoms with Gasteiger partial charge in [0.1, 0.15) is 6.54 Å². The van der Waals surface area contributed by atoms with Crippen molar-refractivity contribution in [3.05, 3.63) is 77.9 Å². The largest absolute Gasteiger partial charge is 0.493 e. The van der Waals surface area contributed by atoms with Crippen molar-refractivity contribution in [1.29, 1.82) is 0 Å². The molecule has 0 spiro atoms. The monoisotopic (exact) mass is 585 g/mol. The Morgan fingerprint density at radius 3 is 2.26 bits per heavy atom. The number of benzene rings is 3. The lowest BCUT2D eigenvalue weighted by molar-refractivity contribution is -0.438. The van der Waals surface area contributed by atoms with Crippen LogP contribution < -0.4 is 30.6 Å². The molecule has 4 N–H and O–H groups in total. The van der Waals surface area contributed by atoms with E-state index in [0.717, 1.165) is 42.7 Å². The molecule has 8 nitrogen and oxygen atoms in total. The van der Waals surface area contributed by atoms with E-state index in [1.54, 1.807) is 21.3 Å². The first-order valence-electron chi connectivity index (χ1n) is 14.9. The average Bonchev–Trinajstić information content (AvgIpc) is 3.23. The van der Waals surface area contributed by atoms with Crippen LogP contribution in [0.5, 0.6) is 17.2 Å². The predicted octanol–water partition coefficient (Wildman–Crippen LogP) is 6.18. The van der Waals surface area contributed by atoms with Gasteiger partial charge in [-0.25, -0.2) is 0 Å². The standard InChI is InChI=1S/C35H44N4O4/c1-35(2)28-24-27(38-26-12-8-6-9-13-26)16-17-29(28)39(21-11-7-10-14-33(40)37-20-19-36)32(35)18-15-25-22-30(41-3)34(43-5)31(23-25)42-4/h6,8-9,12-13,15-18,22-24,38H,7,10-11,14,19-21,36H2,1-5H3/p+1/b18-15+. The van der Waals surface area contributed by atoms with Gasteiger partial charge < -0.3 is 30.6 Å². The molecular weight excluding hydrogens is 540 g/mol. The van der Waals surface area contributed by atoms with Crippen LogP contribution in [0.4, 0.5) is 17.1 Å². The zero-order valence-corrected chi connectivity index (χ0v) is 26.0. The molecule has 43 heavy (non-hydrogen) atoms. The summed E-state index contributed by atoms with van der Waals surface area (Å²) in [5.74, 6) is 1.87. The molecule has 228 valence electrons. The second-order valence-corrected chi connectivity index (χ2v) is 11.1. The maximum atomic E-state index is 12.0. The maximum Gasteiger partial charge on any atom is 0.220 e. The van der Waals surface area contributed by atoms with E-state index in [4.69, 9.17) is 19.9 Å². The number of nitrogens with two attached hydrogens (primary N) is 1. The summed E-state index contributed by atoms with van der Waals surface area (Å²) >= 11 is 0. The van der Waals surface area contributed by atoms with Crippen LogP contribution in [-0.4, -0.2) is 57.2 Å². The summed E-state index contributed by atoms with van der Waals surface area (Å²) in [7, 11) is 4.86. The van der Waals surface area contributed by atoms with Crippen molar-refractivity contribution >= 4 is 34.8 Å². The van der Waals surface area contributed by atoms with E-state index in [-0.39, 0.29) is 11.3 Å². The highest BCUT2D eigenvalue weighted by molar-refractivity contribution is 6.05. The molecule has 1 amide bonds. The number of methoxy groups -OCH3 is 3. The highest BCUT2D eigenvalue weighted by Gasteiger charge is 2.44. The van der Waals surface area contributed by atoms with Crippen molar-refractivity contribution in [3.63, 3.8) is 0 Å². The van der Waals surface area contributed by atoms with Crippen LogP contribution in [0.2, 0.25) is 0 Å². The summed E-state index contributed by atoms with van der Waals surface area (Å²) in [6.45, 7) is 6.38. The van der Waals surface area contributed by atoms with Gasteiger partial charge in [0.2, 0.25) is 17.3 Å². The van der Waals surface area contributed by atoms with Crippen molar-refractivity contribution in [2.24, 2.45) is 5.73 Å². The second kappa shape index (κ2) is 14.7. The number of carbonyl (C=O) groups excluding carboxylic acids is 1. The van der Waals surface area contributed by atoms with Crippen LogP contribution in [0, 0.1) is 0 Å². The summed E-state index contributed by atoms with van der Waals surface area (Å²) in [5.41, 5.74) is 12.0. The first-order valence-corrected chi connectivity index (χ1v) is 14.9. The summed E-state index contributed by atoms with van der Waals surface area (Å²) in [6.07, 6.45) is 7.59. The number of carbonyl (C=O) groups is 1. The molecule has 0 fully saturated rings. The number of nitrogens with zero attached hydrogens (tertiary/aromatic N) is 1. The maximum absolute atomic E-state index is 12.0. The number of allylic oxidation sites excluding steroid dienone is 1. The van der Waals surface area contributed by atoms with Gasteiger partial charge in [-0.05, 0) is 74.7 Å². The van der Waals surface area contributed by atoms with Gasteiger partial charge in [0.15, 0.2) is 17.2 Å². The number of rotatable bonds is 15. The van der Waals surface area contributed by atoms with Gasteiger partial charge in [-0.15, -0.1) is 0 Å². The summed E-state index contributed by atoms with van der Waals surface area (Å²) < 4.78 is 19.1. The number of fused-ring (bicyclic) bond motifs is 1. The molecule has 0 saturated carbocycles. The Kier molecular flexibility index (Phi) is 10.8. The fourth-order valence-electron chi connectivity index (χ4n) is 5.59. The minimum absolute atomic E-state index is 0.0667. The van der Waals surface area contributed by atoms with Gasteiger partial charge >= 0.3 is 0 Å². The van der Waals surface area contributed by atoms with E-state index < -0.39 is 0 Å². The fourth-order valence-corrected chi connectivity index (χ4v) is 5.59. The quantitative estimate of drug-likeness (QED) is 0.146. The molecule has 0 aliphatic carbocycles. The molecule has 1 heterocycles. The summed E-state index contributed by atoms with van der Waals surface area (Å²) in [4.78, 5) is 12.0. The predicted molar refractivity (Wildman–Crippen MR) is 175 cm³/mol. The van der Waals surface area contributed by atoms with Gasteiger partial charge in [0.05, 0.1) is 26.7 Å². The molecule has 1 aliphatic rings. The normalized spacial score (nSPS) is 13.6. The Labute approximate surface area is 255 Å². The van der Waals surface area contributed by atoms with Gasteiger partial charge in [-0.1, -0.05) is 18.2 Å². The topological polar surface area (TPSA) is 97.9 Å². The molecule has 4 rings (SSSR count). The molecule has 3 aromatic carbocycles. The minimum atomic E-state index is -0.247. The Bertz CT molecular complexity index is 1440. The second-order valence-electron chi connectivity index (χ2n) is 11.1. The molecule has 0 aromatic heterocycles. The number of ether oxygens (including phenoxy) is 3. The number of hydrogen-bond acceptors (Lipinski definition) is 6. The number of unbranched alkanes of at least 4 members (excludes halogenated alkanes) is 2. The number of para-hydroxylation sites is 1. The van der Waals surface area contributed by atoms with Crippen LogP contribution in [0.15, 0.2) is 66.7 Å². The lowest BCUT2D eigenvalue weighted by atomic mass is 9.81. The van der Waals surface area contributed by atoms with E-state index in [2.05, 4.69) is 71.5 Å². The van der Waals surface area contributed by atoms with Crippen LogP contribution in [0.25, 0.3) is 6.08 Å². The van der Waals surface area contributed by atoms with E-state index in [1.807, 2.05) is 30.3 Å². The van der Waals surface area contributed by atoms with Crippen molar-refractivity contribution < 1.29 is 23.6 Å². The third-order valence-corrected chi connectivity index (χ3v) is 7.83. The van der Waals surface area contributed by atoms with Gasteiger partial charge in [0, 0.05) is 55.0 Å². The van der Waals surface area contributed by atoms with Gasteiger partial charge in [0.25, 0.3) is 0 Å². The number of anilines is 2. The van der Waals surface area contributed by atoms with E-state index in [0.29, 0.717) is 36.8 Å². The zero-order chi connectivity index (χ0) is 30.8. The lowest BCUT2D eigenvalue weighted by Crippen LogP contribution is -2.28. The smallest absolute Gasteiger partial charge is 0.220 e. The van der Waals surface area contributed by atoms with Crippen LogP contribution in [0.3, 0.4) is 0 Å². The van der Waals surface area contributed by atoms with Crippen molar-refractivity contribution in [3.8, 4) is 17.2 Å². The first-order chi connectivity index (χ1) is 20.8. The minimum Gasteiger partial charge on any atom is -0.493 e. The zero-order valence-electron chi connectivity index (χ0n) is 26.0.